The van der Waals surface area contributed by atoms with Gasteiger partial charge in [-0.3, -0.25) is 9.59 Å². The first-order valence-corrected chi connectivity index (χ1v) is 9.54. The third-order valence-electron chi connectivity index (χ3n) is 5.07. The molecule has 1 heterocycles. The second-order valence-electron chi connectivity index (χ2n) is 7.09. The minimum absolute atomic E-state index is 0.0815. The number of carbonyl (C=O) groups excluding carboxylic acids is 2. The van der Waals surface area contributed by atoms with Crippen LogP contribution in [0.5, 0.6) is 0 Å². The lowest BCUT2D eigenvalue weighted by molar-refractivity contribution is -0.122. The summed E-state index contributed by atoms with van der Waals surface area (Å²) < 4.78 is 40.4. The predicted octanol–water partition coefficient (Wildman–Crippen LogP) is 3.97. The SMILES string of the molecule is NC(=O)C1CCN(c2ccccc2NC(=O)/C=C(/c2ccccc2)C(F)(F)F)CC1. The number of para-hydroxylation sites is 2. The van der Waals surface area contributed by atoms with Crippen LogP contribution >= 0.6 is 0 Å². The number of benzene rings is 2. The number of hydrogen-bond donors (Lipinski definition) is 2. The fourth-order valence-corrected chi connectivity index (χ4v) is 3.51. The van der Waals surface area contributed by atoms with Gasteiger partial charge in [-0.1, -0.05) is 42.5 Å². The van der Waals surface area contributed by atoms with Crippen LogP contribution in [0.2, 0.25) is 0 Å². The number of nitrogens with two attached hydrogens (primary N) is 1. The van der Waals surface area contributed by atoms with Crippen molar-refractivity contribution in [3.63, 3.8) is 0 Å². The Morgan fingerprint density at radius 2 is 1.60 bits per heavy atom. The second-order valence-corrected chi connectivity index (χ2v) is 7.09. The molecule has 0 aromatic heterocycles. The van der Waals surface area contributed by atoms with Crippen LogP contribution in [0, 0.1) is 5.92 Å². The summed E-state index contributed by atoms with van der Waals surface area (Å²) in [7, 11) is 0. The van der Waals surface area contributed by atoms with Crippen molar-refractivity contribution < 1.29 is 22.8 Å². The van der Waals surface area contributed by atoms with E-state index >= 15 is 0 Å². The Balaban J connectivity index is 1.80. The molecule has 30 heavy (non-hydrogen) atoms. The number of primary amides is 1. The first kappa shape index (κ1) is 21.4. The van der Waals surface area contributed by atoms with E-state index in [1.165, 1.54) is 24.3 Å². The lowest BCUT2D eigenvalue weighted by Crippen LogP contribution is -2.38. The molecule has 8 heteroatoms. The van der Waals surface area contributed by atoms with Crippen LogP contribution in [0.4, 0.5) is 24.5 Å². The number of rotatable bonds is 5. The van der Waals surface area contributed by atoms with Gasteiger partial charge in [0.1, 0.15) is 0 Å². The molecule has 2 aromatic carbocycles. The fraction of sp³-hybridized carbons (Fsp3) is 0.273. The van der Waals surface area contributed by atoms with Crippen LogP contribution in [0.1, 0.15) is 18.4 Å². The number of hydrogen-bond acceptors (Lipinski definition) is 3. The van der Waals surface area contributed by atoms with E-state index in [1.807, 2.05) is 4.90 Å². The van der Waals surface area contributed by atoms with Crippen molar-refractivity contribution in [3.8, 4) is 0 Å². The van der Waals surface area contributed by atoms with Gasteiger partial charge in [0, 0.05) is 25.1 Å². The van der Waals surface area contributed by atoms with Gasteiger partial charge in [-0.05, 0) is 30.5 Å². The summed E-state index contributed by atoms with van der Waals surface area (Å²) in [6.07, 6.45) is -2.92. The molecule has 3 N–H and O–H groups in total. The molecule has 0 spiro atoms. The Morgan fingerprint density at radius 1 is 1.00 bits per heavy atom. The number of carbonyl (C=O) groups is 2. The highest BCUT2D eigenvalue weighted by atomic mass is 19.4. The van der Waals surface area contributed by atoms with Gasteiger partial charge in [-0.2, -0.15) is 13.2 Å². The monoisotopic (exact) mass is 417 g/mol. The van der Waals surface area contributed by atoms with E-state index in [-0.39, 0.29) is 17.4 Å². The third-order valence-corrected chi connectivity index (χ3v) is 5.07. The Hall–Kier alpha value is -3.29. The summed E-state index contributed by atoms with van der Waals surface area (Å²) in [5, 5.41) is 2.57. The van der Waals surface area contributed by atoms with E-state index in [0.717, 1.165) is 0 Å². The Bertz CT molecular complexity index is 934. The number of allylic oxidation sites excluding steroid dienone is 1. The number of nitrogens with zero attached hydrogens (tertiary/aromatic N) is 1. The van der Waals surface area contributed by atoms with E-state index in [2.05, 4.69) is 5.32 Å². The molecule has 0 bridgehead atoms. The van der Waals surface area contributed by atoms with Gasteiger partial charge in [0.25, 0.3) is 0 Å². The Labute approximate surface area is 172 Å². The molecule has 2 amide bonds. The minimum Gasteiger partial charge on any atom is -0.370 e. The number of amides is 2. The van der Waals surface area contributed by atoms with Crippen LogP contribution < -0.4 is 16.0 Å². The molecule has 0 radical (unpaired) electrons. The van der Waals surface area contributed by atoms with Crippen molar-refractivity contribution in [2.24, 2.45) is 11.7 Å². The number of halogens is 3. The Morgan fingerprint density at radius 3 is 2.20 bits per heavy atom. The Kier molecular flexibility index (Phi) is 6.44. The van der Waals surface area contributed by atoms with Crippen molar-refractivity contribution >= 4 is 28.8 Å². The van der Waals surface area contributed by atoms with Crippen LogP contribution in [0.15, 0.2) is 60.7 Å². The lowest BCUT2D eigenvalue weighted by Gasteiger charge is -2.33. The summed E-state index contributed by atoms with van der Waals surface area (Å²) in [4.78, 5) is 25.8. The zero-order valence-electron chi connectivity index (χ0n) is 16.2. The van der Waals surface area contributed by atoms with Crippen LogP contribution in [0.25, 0.3) is 5.57 Å². The maximum Gasteiger partial charge on any atom is 0.417 e. The highest BCUT2D eigenvalue weighted by molar-refractivity contribution is 6.06. The molecule has 5 nitrogen and oxygen atoms in total. The summed E-state index contributed by atoms with van der Waals surface area (Å²) in [5.74, 6) is -1.39. The molecule has 1 fully saturated rings. The summed E-state index contributed by atoms with van der Waals surface area (Å²) in [5.41, 5.74) is 5.37. The number of nitrogens with one attached hydrogen (secondary N) is 1. The van der Waals surface area contributed by atoms with Gasteiger partial charge >= 0.3 is 6.18 Å². The third kappa shape index (κ3) is 5.20. The van der Waals surface area contributed by atoms with E-state index in [0.29, 0.717) is 43.4 Å². The van der Waals surface area contributed by atoms with E-state index in [4.69, 9.17) is 5.73 Å². The molecule has 2 aromatic rings. The maximum absolute atomic E-state index is 13.5. The first-order chi connectivity index (χ1) is 14.3. The minimum atomic E-state index is -4.67. The molecule has 3 rings (SSSR count). The van der Waals surface area contributed by atoms with E-state index in [1.54, 1.807) is 30.3 Å². The molecular formula is C22H22F3N3O2. The highest BCUT2D eigenvalue weighted by Crippen LogP contribution is 2.34. The highest BCUT2D eigenvalue weighted by Gasteiger charge is 2.35. The zero-order chi connectivity index (χ0) is 21.7. The van der Waals surface area contributed by atoms with Gasteiger partial charge in [0.15, 0.2) is 0 Å². The van der Waals surface area contributed by atoms with Crippen molar-refractivity contribution in [1.82, 2.24) is 0 Å². The molecule has 158 valence electrons. The number of alkyl halides is 3. The molecular weight excluding hydrogens is 395 g/mol. The molecule has 0 aliphatic carbocycles. The van der Waals surface area contributed by atoms with Gasteiger partial charge in [0.2, 0.25) is 11.8 Å². The number of anilines is 2. The van der Waals surface area contributed by atoms with Gasteiger partial charge < -0.3 is 16.0 Å². The fourth-order valence-electron chi connectivity index (χ4n) is 3.51. The zero-order valence-corrected chi connectivity index (χ0v) is 16.2. The maximum atomic E-state index is 13.5. The smallest absolute Gasteiger partial charge is 0.370 e. The summed E-state index contributed by atoms with van der Waals surface area (Å²) in [6, 6.07) is 14.1. The standard InChI is InChI=1S/C22H22F3N3O2/c23-22(24,25)17(15-6-2-1-3-7-15)14-20(29)27-18-8-4-5-9-19(18)28-12-10-16(11-13-28)21(26)30/h1-9,14,16H,10-13H2,(H2,26,30)(H,27,29)/b17-14-. The van der Waals surface area contributed by atoms with Crippen molar-refractivity contribution in [2.75, 3.05) is 23.3 Å². The normalized spacial score (nSPS) is 15.7. The van der Waals surface area contributed by atoms with Crippen molar-refractivity contribution in [3.05, 3.63) is 66.2 Å². The average molecular weight is 417 g/mol. The van der Waals surface area contributed by atoms with Crippen molar-refractivity contribution in [2.45, 2.75) is 19.0 Å². The van der Waals surface area contributed by atoms with Gasteiger partial charge in [-0.15, -0.1) is 0 Å². The van der Waals surface area contributed by atoms with Crippen LogP contribution in [-0.2, 0) is 9.59 Å². The second kappa shape index (κ2) is 9.02. The molecule has 0 atom stereocenters. The molecule has 1 aliphatic rings. The van der Waals surface area contributed by atoms with Crippen molar-refractivity contribution in [1.29, 1.82) is 0 Å². The largest absolute Gasteiger partial charge is 0.417 e. The van der Waals surface area contributed by atoms with E-state index < -0.39 is 17.7 Å². The van der Waals surface area contributed by atoms with E-state index in [9.17, 15) is 22.8 Å². The molecule has 0 unspecified atom stereocenters. The summed E-state index contributed by atoms with van der Waals surface area (Å²) in [6.45, 7) is 1.13. The van der Waals surface area contributed by atoms with Crippen LogP contribution in [0.3, 0.4) is 0 Å². The molecule has 0 saturated carbocycles. The quantitative estimate of drug-likeness (QED) is 0.723. The molecule has 1 aliphatic heterocycles. The average Bonchev–Trinajstić information content (AvgIpc) is 2.72. The first-order valence-electron chi connectivity index (χ1n) is 9.54. The predicted molar refractivity (Wildman–Crippen MR) is 110 cm³/mol. The summed E-state index contributed by atoms with van der Waals surface area (Å²) >= 11 is 0. The molecule has 1 saturated heterocycles. The van der Waals surface area contributed by atoms with Gasteiger partial charge in [-0.25, -0.2) is 0 Å². The topological polar surface area (TPSA) is 75.4 Å². The van der Waals surface area contributed by atoms with Gasteiger partial charge in [0.05, 0.1) is 16.9 Å². The van der Waals surface area contributed by atoms with Crippen LogP contribution in [-0.4, -0.2) is 31.1 Å². The number of piperidine rings is 1. The lowest BCUT2D eigenvalue weighted by atomic mass is 9.96.